The van der Waals surface area contributed by atoms with E-state index in [9.17, 15) is 0 Å². The summed E-state index contributed by atoms with van der Waals surface area (Å²) in [5.41, 5.74) is 2.85. The molecule has 1 aromatic carbocycles. The number of hydrogen-bond donors (Lipinski definition) is 0. The van der Waals surface area contributed by atoms with Gasteiger partial charge in [0.1, 0.15) is 6.61 Å². The number of oxime groups is 1. The first kappa shape index (κ1) is 14.1. The molecule has 0 spiro atoms. The maximum atomic E-state index is 5.52. The third-order valence-electron chi connectivity index (χ3n) is 3.97. The highest BCUT2D eigenvalue weighted by Gasteiger charge is 2.28. The van der Waals surface area contributed by atoms with Crippen molar-refractivity contribution in [2.75, 3.05) is 6.61 Å². The zero-order valence-corrected chi connectivity index (χ0v) is 12.2. The van der Waals surface area contributed by atoms with Gasteiger partial charge in [0.2, 0.25) is 0 Å². The van der Waals surface area contributed by atoms with Gasteiger partial charge in [-0.2, -0.15) is 0 Å². The Bertz CT molecular complexity index is 409. The fraction of sp³-hybridized carbons (Fsp3) is 0.588. The Hall–Kier alpha value is -1.31. The van der Waals surface area contributed by atoms with E-state index in [1.54, 1.807) is 0 Å². The summed E-state index contributed by atoms with van der Waals surface area (Å²) >= 11 is 0. The second kappa shape index (κ2) is 6.74. The van der Waals surface area contributed by atoms with E-state index in [1.165, 1.54) is 30.5 Å². The van der Waals surface area contributed by atoms with Gasteiger partial charge in [0.05, 0.1) is 5.71 Å². The van der Waals surface area contributed by atoms with Crippen LogP contribution in [0.15, 0.2) is 35.5 Å². The number of rotatable bonds is 5. The Kier molecular flexibility index (Phi) is 5.00. The van der Waals surface area contributed by atoms with Crippen molar-refractivity contribution in [2.24, 2.45) is 10.6 Å². The van der Waals surface area contributed by atoms with Crippen molar-refractivity contribution in [1.29, 1.82) is 0 Å². The quantitative estimate of drug-likeness (QED) is 0.559. The molecule has 0 amide bonds. The molecule has 0 aromatic heterocycles. The van der Waals surface area contributed by atoms with E-state index < -0.39 is 0 Å². The van der Waals surface area contributed by atoms with Crippen LogP contribution in [0, 0.1) is 5.41 Å². The monoisotopic (exact) mass is 259 g/mol. The topological polar surface area (TPSA) is 21.6 Å². The van der Waals surface area contributed by atoms with Gasteiger partial charge in [0.25, 0.3) is 0 Å². The van der Waals surface area contributed by atoms with E-state index in [4.69, 9.17) is 4.84 Å². The average Bonchev–Trinajstić information content (AvgIpc) is 2.41. The van der Waals surface area contributed by atoms with Crippen molar-refractivity contribution in [2.45, 2.75) is 52.4 Å². The fourth-order valence-corrected chi connectivity index (χ4v) is 2.62. The molecule has 0 bridgehead atoms. The summed E-state index contributed by atoms with van der Waals surface area (Å²) in [6.45, 7) is 5.27. The fourth-order valence-electron chi connectivity index (χ4n) is 2.62. The van der Waals surface area contributed by atoms with Gasteiger partial charge in [-0.15, -0.1) is 0 Å². The van der Waals surface area contributed by atoms with Gasteiger partial charge in [-0.05, 0) is 37.7 Å². The third kappa shape index (κ3) is 4.38. The van der Waals surface area contributed by atoms with Crippen molar-refractivity contribution >= 4 is 5.71 Å². The average molecular weight is 259 g/mol. The van der Waals surface area contributed by atoms with Crippen LogP contribution in [-0.4, -0.2) is 12.3 Å². The molecule has 0 aliphatic heterocycles. The molecule has 0 unspecified atom stereocenters. The molecule has 1 fully saturated rings. The minimum atomic E-state index is 0.234. The molecule has 2 heteroatoms. The molecule has 104 valence electrons. The zero-order chi connectivity index (χ0) is 13.6. The molecule has 1 aliphatic rings. The molecule has 1 aromatic rings. The summed E-state index contributed by atoms with van der Waals surface area (Å²) in [7, 11) is 0. The van der Waals surface area contributed by atoms with E-state index >= 15 is 0 Å². The largest absolute Gasteiger partial charge is 0.396 e. The number of nitrogens with zero attached hydrogens (tertiary/aromatic N) is 1. The van der Waals surface area contributed by atoms with Gasteiger partial charge in [0, 0.05) is 5.41 Å². The van der Waals surface area contributed by atoms with Gasteiger partial charge in [-0.1, -0.05) is 55.8 Å². The van der Waals surface area contributed by atoms with Gasteiger partial charge >= 0.3 is 0 Å². The van der Waals surface area contributed by atoms with Crippen molar-refractivity contribution in [3.05, 3.63) is 35.9 Å². The Morgan fingerprint density at radius 3 is 2.68 bits per heavy atom. The maximum Gasteiger partial charge on any atom is 0.117 e. The zero-order valence-electron chi connectivity index (χ0n) is 12.2. The van der Waals surface area contributed by atoms with E-state index in [0.717, 1.165) is 19.3 Å². The van der Waals surface area contributed by atoms with Gasteiger partial charge < -0.3 is 4.84 Å². The molecule has 0 saturated heterocycles. The van der Waals surface area contributed by atoms with Crippen molar-refractivity contribution in [3.8, 4) is 0 Å². The summed E-state index contributed by atoms with van der Waals surface area (Å²) in [5, 5.41) is 4.38. The van der Waals surface area contributed by atoms with Crippen molar-refractivity contribution in [3.63, 3.8) is 0 Å². The summed E-state index contributed by atoms with van der Waals surface area (Å²) < 4.78 is 0. The predicted molar refractivity (Wildman–Crippen MR) is 80.4 cm³/mol. The molecule has 2 nitrogen and oxygen atoms in total. The lowest BCUT2D eigenvalue weighted by Gasteiger charge is -2.30. The van der Waals surface area contributed by atoms with E-state index in [-0.39, 0.29) is 5.41 Å². The molecule has 0 atom stereocenters. The second-order valence-electron chi connectivity index (χ2n) is 6.05. The van der Waals surface area contributed by atoms with Crippen LogP contribution in [0.5, 0.6) is 0 Å². The third-order valence-corrected chi connectivity index (χ3v) is 3.97. The van der Waals surface area contributed by atoms with Crippen molar-refractivity contribution in [1.82, 2.24) is 0 Å². The lowest BCUT2D eigenvalue weighted by atomic mass is 9.76. The summed E-state index contributed by atoms with van der Waals surface area (Å²) in [6, 6.07) is 10.5. The summed E-state index contributed by atoms with van der Waals surface area (Å²) in [4.78, 5) is 5.52. The Morgan fingerprint density at radius 2 is 1.95 bits per heavy atom. The summed E-state index contributed by atoms with van der Waals surface area (Å²) in [6.07, 6.45) is 7.01. The molecule has 2 rings (SSSR count). The second-order valence-corrected chi connectivity index (χ2v) is 6.05. The molecule has 1 aliphatic carbocycles. The molecular weight excluding hydrogens is 234 g/mol. The predicted octanol–water partition coefficient (Wildman–Crippen LogP) is 4.59. The van der Waals surface area contributed by atoms with Crippen LogP contribution in [-0.2, 0) is 11.3 Å². The number of benzene rings is 1. The Labute approximate surface area is 116 Å². The number of hydrogen-bond acceptors (Lipinski definition) is 2. The SMILES string of the molecule is CC1(C)CCCC/C1=N\OCCCc1ccccc1. The molecule has 1 saturated carbocycles. The lowest BCUT2D eigenvalue weighted by Crippen LogP contribution is -2.28. The van der Waals surface area contributed by atoms with Crippen LogP contribution in [0.4, 0.5) is 0 Å². The lowest BCUT2D eigenvalue weighted by molar-refractivity contribution is 0.136. The van der Waals surface area contributed by atoms with Crippen LogP contribution in [0.3, 0.4) is 0 Å². The number of aryl methyl sites for hydroxylation is 1. The first-order valence-corrected chi connectivity index (χ1v) is 7.42. The molecule has 0 heterocycles. The standard InChI is InChI=1S/C17H25NO/c1-17(2)13-7-6-12-16(17)18-19-14-8-11-15-9-4-3-5-10-15/h3-5,9-10H,6-8,11-14H2,1-2H3/b18-16+. The maximum absolute atomic E-state index is 5.52. The minimum Gasteiger partial charge on any atom is -0.396 e. The highest BCUT2D eigenvalue weighted by atomic mass is 16.6. The van der Waals surface area contributed by atoms with E-state index in [2.05, 4.69) is 49.3 Å². The summed E-state index contributed by atoms with van der Waals surface area (Å²) in [5.74, 6) is 0. The van der Waals surface area contributed by atoms with E-state index in [0.29, 0.717) is 6.61 Å². The Balaban J connectivity index is 1.71. The van der Waals surface area contributed by atoms with Crippen LogP contribution in [0.2, 0.25) is 0 Å². The van der Waals surface area contributed by atoms with Crippen LogP contribution >= 0.6 is 0 Å². The smallest absolute Gasteiger partial charge is 0.117 e. The van der Waals surface area contributed by atoms with Gasteiger partial charge in [-0.3, -0.25) is 0 Å². The normalized spacial score (nSPS) is 20.4. The molecule has 0 N–H and O–H groups in total. The van der Waals surface area contributed by atoms with Crippen LogP contribution in [0.25, 0.3) is 0 Å². The Morgan fingerprint density at radius 1 is 1.16 bits per heavy atom. The van der Waals surface area contributed by atoms with Crippen molar-refractivity contribution < 1.29 is 4.84 Å². The van der Waals surface area contributed by atoms with Gasteiger partial charge in [0.15, 0.2) is 0 Å². The highest BCUT2D eigenvalue weighted by Crippen LogP contribution is 2.32. The molecular formula is C17H25NO. The molecule has 19 heavy (non-hydrogen) atoms. The minimum absolute atomic E-state index is 0.234. The molecule has 0 radical (unpaired) electrons. The van der Waals surface area contributed by atoms with E-state index in [1.807, 2.05) is 0 Å². The highest BCUT2D eigenvalue weighted by molar-refractivity contribution is 5.89. The van der Waals surface area contributed by atoms with Gasteiger partial charge in [-0.25, -0.2) is 0 Å². The first-order valence-electron chi connectivity index (χ1n) is 7.42. The first-order chi connectivity index (χ1) is 9.18. The van der Waals surface area contributed by atoms with Crippen LogP contribution in [0.1, 0.15) is 51.5 Å². The van der Waals surface area contributed by atoms with Crippen LogP contribution < -0.4 is 0 Å².